The van der Waals surface area contributed by atoms with Gasteiger partial charge in [-0.2, -0.15) is 0 Å². The second kappa shape index (κ2) is 7.77. The first kappa shape index (κ1) is 17.7. The molecule has 0 atom stereocenters. The van der Waals surface area contributed by atoms with Crippen LogP contribution >= 0.6 is 11.6 Å². The number of ether oxygens (including phenoxy) is 1. The molecule has 0 spiro atoms. The highest BCUT2D eigenvalue weighted by molar-refractivity contribution is 7.89. The zero-order chi connectivity index (χ0) is 16.9. The third-order valence-electron chi connectivity index (χ3n) is 3.19. The van der Waals surface area contributed by atoms with Crippen molar-refractivity contribution in [2.75, 3.05) is 13.2 Å². The van der Waals surface area contributed by atoms with Gasteiger partial charge in [0, 0.05) is 6.54 Å². The third kappa shape index (κ3) is 4.92. The van der Waals surface area contributed by atoms with E-state index in [1.165, 1.54) is 12.1 Å². The summed E-state index contributed by atoms with van der Waals surface area (Å²) in [6.45, 7) is 2.16. The van der Waals surface area contributed by atoms with Gasteiger partial charge in [0.2, 0.25) is 10.0 Å². The molecule has 0 saturated carbocycles. The van der Waals surface area contributed by atoms with Crippen LogP contribution in [0.4, 0.5) is 4.39 Å². The SMILES string of the molecule is CCc1ccc(S(=O)(=O)NCCOc2ccc(F)cc2Cl)cc1. The third-order valence-corrected chi connectivity index (χ3v) is 4.96. The van der Waals surface area contributed by atoms with Crippen LogP contribution in [0, 0.1) is 5.82 Å². The molecule has 124 valence electrons. The van der Waals surface area contributed by atoms with Crippen molar-refractivity contribution < 1.29 is 17.5 Å². The molecule has 0 saturated heterocycles. The topological polar surface area (TPSA) is 55.4 Å². The van der Waals surface area contributed by atoms with Crippen molar-refractivity contribution in [1.82, 2.24) is 4.72 Å². The van der Waals surface area contributed by atoms with Crippen LogP contribution in [-0.2, 0) is 16.4 Å². The second-order valence-electron chi connectivity index (χ2n) is 4.82. The van der Waals surface area contributed by atoms with Crippen molar-refractivity contribution in [2.24, 2.45) is 0 Å². The minimum absolute atomic E-state index is 0.0750. The van der Waals surface area contributed by atoms with Gasteiger partial charge in [-0.25, -0.2) is 17.5 Å². The van der Waals surface area contributed by atoms with Crippen molar-refractivity contribution in [3.05, 3.63) is 58.9 Å². The molecule has 0 fully saturated rings. The first-order chi connectivity index (χ1) is 10.9. The molecule has 0 aliphatic carbocycles. The summed E-state index contributed by atoms with van der Waals surface area (Å²) >= 11 is 5.82. The molecule has 0 aliphatic rings. The van der Waals surface area contributed by atoms with E-state index >= 15 is 0 Å². The molecule has 0 aliphatic heterocycles. The highest BCUT2D eigenvalue weighted by atomic mass is 35.5. The van der Waals surface area contributed by atoms with Crippen molar-refractivity contribution in [3.63, 3.8) is 0 Å². The standard InChI is InChI=1S/C16H17ClFNO3S/c1-2-12-3-6-14(7-4-12)23(20,21)19-9-10-22-16-8-5-13(18)11-15(16)17/h3-8,11,19H,2,9-10H2,1H3. The smallest absolute Gasteiger partial charge is 0.240 e. The summed E-state index contributed by atoms with van der Waals surface area (Å²) in [6.07, 6.45) is 0.847. The number of nitrogens with one attached hydrogen (secondary N) is 1. The van der Waals surface area contributed by atoms with E-state index in [0.717, 1.165) is 18.1 Å². The van der Waals surface area contributed by atoms with E-state index in [-0.39, 0.29) is 23.1 Å². The number of aryl methyl sites for hydroxylation is 1. The molecule has 0 bridgehead atoms. The molecule has 0 aromatic heterocycles. The molecule has 2 aromatic rings. The Morgan fingerprint density at radius 3 is 2.48 bits per heavy atom. The summed E-state index contributed by atoms with van der Waals surface area (Å²) in [4.78, 5) is 0.203. The van der Waals surface area contributed by atoms with E-state index < -0.39 is 15.8 Å². The zero-order valence-corrected chi connectivity index (χ0v) is 14.1. The highest BCUT2D eigenvalue weighted by Gasteiger charge is 2.13. The van der Waals surface area contributed by atoms with Crippen LogP contribution in [-0.4, -0.2) is 21.6 Å². The summed E-state index contributed by atoms with van der Waals surface area (Å²) in [7, 11) is -3.58. The van der Waals surface area contributed by atoms with Crippen LogP contribution in [0.2, 0.25) is 5.02 Å². The maximum Gasteiger partial charge on any atom is 0.240 e. The van der Waals surface area contributed by atoms with Gasteiger partial charge in [0.1, 0.15) is 18.2 Å². The maximum atomic E-state index is 12.9. The lowest BCUT2D eigenvalue weighted by Crippen LogP contribution is -2.28. The van der Waals surface area contributed by atoms with Crippen LogP contribution in [0.5, 0.6) is 5.75 Å². The molecule has 23 heavy (non-hydrogen) atoms. The predicted octanol–water partition coefficient (Wildman–Crippen LogP) is 3.40. The molecule has 1 N–H and O–H groups in total. The summed E-state index contributed by atoms with van der Waals surface area (Å²) in [5.74, 6) is -0.154. The molecule has 0 amide bonds. The molecular formula is C16H17ClFNO3S. The fraction of sp³-hybridized carbons (Fsp3) is 0.250. The van der Waals surface area contributed by atoms with Crippen molar-refractivity contribution in [2.45, 2.75) is 18.2 Å². The van der Waals surface area contributed by atoms with E-state index in [4.69, 9.17) is 16.3 Å². The van der Waals surface area contributed by atoms with E-state index in [1.54, 1.807) is 24.3 Å². The molecule has 0 heterocycles. The molecule has 4 nitrogen and oxygen atoms in total. The lowest BCUT2D eigenvalue weighted by molar-refractivity contribution is 0.322. The summed E-state index contributed by atoms with van der Waals surface area (Å²) in [5, 5.41) is 0.142. The molecule has 2 aromatic carbocycles. The lowest BCUT2D eigenvalue weighted by atomic mass is 10.2. The summed E-state index contributed by atoms with van der Waals surface area (Å²) < 4.78 is 44.9. The Balaban J connectivity index is 1.89. The summed E-state index contributed by atoms with van der Waals surface area (Å²) in [6, 6.07) is 10.5. The van der Waals surface area contributed by atoms with Crippen molar-refractivity contribution in [1.29, 1.82) is 0 Å². The Bertz CT molecular complexity index is 763. The van der Waals surface area contributed by atoms with Gasteiger partial charge in [0.15, 0.2) is 0 Å². The number of hydrogen-bond donors (Lipinski definition) is 1. The van der Waals surface area contributed by atoms with E-state index in [1.807, 2.05) is 6.92 Å². The quantitative estimate of drug-likeness (QED) is 0.773. The van der Waals surface area contributed by atoms with E-state index in [2.05, 4.69) is 4.72 Å². The Morgan fingerprint density at radius 1 is 1.17 bits per heavy atom. The monoisotopic (exact) mass is 357 g/mol. The fourth-order valence-corrected chi connectivity index (χ4v) is 3.15. The van der Waals surface area contributed by atoms with Gasteiger partial charge >= 0.3 is 0 Å². The maximum absolute atomic E-state index is 12.9. The molecular weight excluding hydrogens is 341 g/mol. The highest BCUT2D eigenvalue weighted by Crippen LogP contribution is 2.24. The lowest BCUT2D eigenvalue weighted by Gasteiger charge is -2.10. The van der Waals surface area contributed by atoms with Crippen LogP contribution in [0.25, 0.3) is 0 Å². The Kier molecular flexibility index (Phi) is 5.98. The average molecular weight is 358 g/mol. The number of rotatable bonds is 7. The van der Waals surface area contributed by atoms with Gasteiger partial charge in [-0.05, 0) is 42.3 Å². The molecule has 0 unspecified atom stereocenters. The number of halogens is 2. The van der Waals surface area contributed by atoms with Crippen LogP contribution in [0.3, 0.4) is 0 Å². The molecule has 2 rings (SSSR count). The van der Waals surface area contributed by atoms with Crippen LogP contribution in [0.15, 0.2) is 47.4 Å². The second-order valence-corrected chi connectivity index (χ2v) is 6.99. The van der Waals surface area contributed by atoms with E-state index in [9.17, 15) is 12.8 Å². The predicted molar refractivity (Wildman–Crippen MR) is 87.9 cm³/mol. The fourth-order valence-electron chi connectivity index (χ4n) is 1.92. The largest absolute Gasteiger partial charge is 0.491 e. The van der Waals surface area contributed by atoms with Crippen molar-refractivity contribution in [3.8, 4) is 5.75 Å². The summed E-state index contributed by atoms with van der Waals surface area (Å²) in [5.41, 5.74) is 1.07. The Hall–Kier alpha value is -1.63. The van der Waals surface area contributed by atoms with Gasteiger partial charge in [0.05, 0.1) is 9.92 Å². The first-order valence-electron chi connectivity index (χ1n) is 7.09. The minimum atomic E-state index is -3.58. The normalized spacial score (nSPS) is 11.4. The Labute approximate surface area is 140 Å². The first-order valence-corrected chi connectivity index (χ1v) is 8.95. The zero-order valence-electron chi connectivity index (χ0n) is 12.6. The van der Waals surface area contributed by atoms with Crippen LogP contribution < -0.4 is 9.46 Å². The van der Waals surface area contributed by atoms with E-state index in [0.29, 0.717) is 5.75 Å². The van der Waals surface area contributed by atoms with Gasteiger partial charge in [-0.15, -0.1) is 0 Å². The van der Waals surface area contributed by atoms with Gasteiger partial charge in [0.25, 0.3) is 0 Å². The number of benzene rings is 2. The Morgan fingerprint density at radius 2 is 1.87 bits per heavy atom. The molecule has 0 radical (unpaired) electrons. The van der Waals surface area contributed by atoms with Gasteiger partial charge < -0.3 is 4.74 Å². The average Bonchev–Trinajstić information content (AvgIpc) is 2.53. The van der Waals surface area contributed by atoms with Crippen LogP contribution in [0.1, 0.15) is 12.5 Å². The number of sulfonamides is 1. The van der Waals surface area contributed by atoms with Gasteiger partial charge in [-0.1, -0.05) is 30.7 Å². The minimum Gasteiger partial charge on any atom is -0.491 e. The molecule has 7 heteroatoms. The van der Waals surface area contributed by atoms with Crippen molar-refractivity contribution >= 4 is 21.6 Å². The number of hydrogen-bond acceptors (Lipinski definition) is 3. The van der Waals surface area contributed by atoms with Gasteiger partial charge in [-0.3, -0.25) is 0 Å².